The molecule has 4 heteroatoms. The van der Waals surface area contributed by atoms with Gasteiger partial charge in [0, 0.05) is 12.1 Å². The molecule has 120 valence electrons. The number of rotatable bonds is 11. The first kappa shape index (κ1) is 17.9. The summed E-state index contributed by atoms with van der Waals surface area (Å²) in [6, 6.07) is 6.93. The molecule has 0 saturated carbocycles. The molecule has 0 aliphatic rings. The topological polar surface area (TPSA) is 21.3 Å². The zero-order valence-corrected chi connectivity index (χ0v) is 13.1. The molecular weight excluding hydrogens is 272 g/mol. The summed E-state index contributed by atoms with van der Waals surface area (Å²) in [6.45, 7) is 3.20. The summed E-state index contributed by atoms with van der Waals surface area (Å²) in [7, 11) is 0. The van der Waals surface area contributed by atoms with E-state index in [1.807, 2.05) is 12.1 Å². The molecule has 0 unspecified atom stereocenters. The minimum atomic E-state index is -2.77. The molecular formula is C17H27F2NO. The molecule has 0 aliphatic carbocycles. The fourth-order valence-electron chi connectivity index (χ4n) is 2.24. The quantitative estimate of drug-likeness (QED) is 0.582. The number of hydrogen-bond acceptors (Lipinski definition) is 2. The average Bonchev–Trinajstić information content (AvgIpc) is 2.42. The Balaban J connectivity index is 2.15. The van der Waals surface area contributed by atoms with Crippen molar-refractivity contribution >= 4 is 0 Å². The second-order valence-electron chi connectivity index (χ2n) is 5.76. The van der Waals surface area contributed by atoms with E-state index >= 15 is 0 Å². The summed E-state index contributed by atoms with van der Waals surface area (Å²) >= 11 is 0. The van der Waals surface area contributed by atoms with Gasteiger partial charge in [0.1, 0.15) is 5.75 Å². The highest BCUT2D eigenvalue weighted by atomic mass is 19.3. The molecule has 0 bridgehead atoms. The molecule has 1 aromatic carbocycles. The van der Waals surface area contributed by atoms with Gasteiger partial charge in [-0.3, -0.25) is 0 Å². The SMILES string of the molecule is CC(C)CCCCCCNCc1ccccc1OC(F)F. The van der Waals surface area contributed by atoms with E-state index in [-0.39, 0.29) is 5.75 Å². The van der Waals surface area contributed by atoms with Gasteiger partial charge in [-0.2, -0.15) is 8.78 Å². The molecule has 0 spiro atoms. The lowest BCUT2D eigenvalue weighted by Crippen LogP contribution is -2.16. The molecule has 1 N–H and O–H groups in total. The van der Waals surface area contributed by atoms with Crippen LogP contribution in [0.5, 0.6) is 5.75 Å². The number of halogens is 2. The first-order valence-electron chi connectivity index (χ1n) is 7.83. The Morgan fingerprint density at radius 1 is 1.05 bits per heavy atom. The predicted molar refractivity (Wildman–Crippen MR) is 82.7 cm³/mol. The maximum absolute atomic E-state index is 12.3. The van der Waals surface area contributed by atoms with Crippen molar-refractivity contribution in [1.29, 1.82) is 0 Å². The molecule has 21 heavy (non-hydrogen) atoms. The van der Waals surface area contributed by atoms with E-state index in [0.717, 1.165) is 24.4 Å². The molecule has 0 aromatic heterocycles. The number of hydrogen-bond donors (Lipinski definition) is 1. The van der Waals surface area contributed by atoms with E-state index in [4.69, 9.17) is 0 Å². The van der Waals surface area contributed by atoms with Crippen LogP contribution in [0, 0.1) is 5.92 Å². The molecule has 0 heterocycles. The highest BCUT2D eigenvalue weighted by Gasteiger charge is 2.08. The molecule has 1 aromatic rings. The van der Waals surface area contributed by atoms with Crippen LogP contribution in [0.3, 0.4) is 0 Å². The zero-order valence-electron chi connectivity index (χ0n) is 13.1. The highest BCUT2D eigenvalue weighted by molar-refractivity contribution is 5.33. The van der Waals surface area contributed by atoms with Crippen LogP contribution >= 0.6 is 0 Å². The average molecular weight is 299 g/mol. The maximum atomic E-state index is 12.3. The summed E-state index contributed by atoms with van der Waals surface area (Å²) in [6.07, 6.45) is 6.20. The largest absolute Gasteiger partial charge is 0.434 e. The van der Waals surface area contributed by atoms with Crippen LogP contribution in [0.25, 0.3) is 0 Å². The third-order valence-corrected chi connectivity index (χ3v) is 3.39. The first-order chi connectivity index (χ1) is 10.1. The number of para-hydroxylation sites is 1. The molecule has 0 atom stereocenters. The van der Waals surface area contributed by atoms with E-state index in [0.29, 0.717) is 6.54 Å². The van der Waals surface area contributed by atoms with Crippen molar-refractivity contribution in [3.05, 3.63) is 29.8 Å². The van der Waals surface area contributed by atoms with Gasteiger partial charge in [0.25, 0.3) is 0 Å². The molecule has 0 saturated heterocycles. The van der Waals surface area contributed by atoms with Crippen LogP contribution in [0.2, 0.25) is 0 Å². The Morgan fingerprint density at radius 3 is 2.48 bits per heavy atom. The summed E-state index contributed by atoms with van der Waals surface area (Å²) in [5, 5.41) is 3.29. The van der Waals surface area contributed by atoms with Crippen molar-refractivity contribution < 1.29 is 13.5 Å². The van der Waals surface area contributed by atoms with Gasteiger partial charge in [-0.25, -0.2) is 0 Å². The number of alkyl halides is 2. The summed E-state index contributed by atoms with van der Waals surface area (Å²) in [5.41, 5.74) is 0.776. The van der Waals surface area contributed by atoms with Crippen LogP contribution in [0.1, 0.15) is 51.5 Å². The minimum absolute atomic E-state index is 0.261. The van der Waals surface area contributed by atoms with Crippen LogP contribution in [-0.4, -0.2) is 13.2 Å². The minimum Gasteiger partial charge on any atom is -0.434 e. The number of unbranched alkanes of at least 4 members (excludes halogenated alkanes) is 3. The van der Waals surface area contributed by atoms with E-state index < -0.39 is 6.61 Å². The molecule has 0 fully saturated rings. The summed E-state index contributed by atoms with van der Waals surface area (Å²) < 4.78 is 29.1. The van der Waals surface area contributed by atoms with Crippen molar-refractivity contribution in [3.63, 3.8) is 0 Å². The van der Waals surface area contributed by atoms with Crippen LogP contribution in [-0.2, 0) is 6.54 Å². The Bertz CT molecular complexity index is 383. The lowest BCUT2D eigenvalue weighted by Gasteiger charge is -2.11. The Hall–Kier alpha value is -1.16. The fourth-order valence-corrected chi connectivity index (χ4v) is 2.24. The fraction of sp³-hybridized carbons (Fsp3) is 0.647. The smallest absolute Gasteiger partial charge is 0.387 e. The molecule has 0 aliphatic heterocycles. The molecule has 1 rings (SSSR count). The number of nitrogens with one attached hydrogen (secondary N) is 1. The lowest BCUT2D eigenvalue weighted by molar-refractivity contribution is -0.0504. The van der Waals surface area contributed by atoms with Gasteiger partial charge < -0.3 is 10.1 Å². The van der Waals surface area contributed by atoms with Crippen molar-refractivity contribution in [1.82, 2.24) is 5.32 Å². The summed E-state index contributed by atoms with van der Waals surface area (Å²) in [4.78, 5) is 0. The van der Waals surface area contributed by atoms with E-state index in [1.165, 1.54) is 25.7 Å². The first-order valence-corrected chi connectivity index (χ1v) is 7.83. The Kier molecular flexibility index (Phi) is 8.99. The third-order valence-electron chi connectivity index (χ3n) is 3.39. The Morgan fingerprint density at radius 2 is 1.76 bits per heavy atom. The lowest BCUT2D eigenvalue weighted by atomic mass is 10.0. The van der Waals surface area contributed by atoms with Crippen molar-refractivity contribution in [2.45, 2.75) is 59.1 Å². The van der Waals surface area contributed by atoms with Gasteiger partial charge in [-0.1, -0.05) is 57.7 Å². The van der Waals surface area contributed by atoms with E-state index in [1.54, 1.807) is 12.1 Å². The second-order valence-corrected chi connectivity index (χ2v) is 5.76. The molecule has 2 nitrogen and oxygen atoms in total. The van der Waals surface area contributed by atoms with Crippen LogP contribution in [0.4, 0.5) is 8.78 Å². The van der Waals surface area contributed by atoms with Gasteiger partial charge in [0.2, 0.25) is 0 Å². The predicted octanol–water partition coefficient (Wildman–Crippen LogP) is 4.98. The number of benzene rings is 1. The van der Waals surface area contributed by atoms with Crippen molar-refractivity contribution in [3.8, 4) is 5.75 Å². The highest BCUT2D eigenvalue weighted by Crippen LogP contribution is 2.19. The van der Waals surface area contributed by atoms with Gasteiger partial charge in [0.15, 0.2) is 0 Å². The van der Waals surface area contributed by atoms with Gasteiger partial charge in [-0.05, 0) is 24.9 Å². The molecule has 0 amide bonds. The standard InChI is InChI=1S/C17H27F2NO/c1-14(2)9-5-3-4-8-12-20-13-15-10-6-7-11-16(15)21-17(18)19/h6-7,10-11,14,17,20H,3-5,8-9,12-13H2,1-2H3. The number of ether oxygens (including phenoxy) is 1. The van der Waals surface area contributed by atoms with E-state index in [9.17, 15) is 8.78 Å². The van der Waals surface area contributed by atoms with Crippen LogP contribution in [0.15, 0.2) is 24.3 Å². The van der Waals surface area contributed by atoms with Gasteiger partial charge in [0.05, 0.1) is 0 Å². The Labute approximate surface area is 126 Å². The van der Waals surface area contributed by atoms with Gasteiger partial charge >= 0.3 is 6.61 Å². The second kappa shape index (κ2) is 10.6. The van der Waals surface area contributed by atoms with Crippen LogP contribution < -0.4 is 10.1 Å². The molecule has 0 radical (unpaired) electrons. The zero-order chi connectivity index (χ0) is 15.5. The van der Waals surface area contributed by atoms with Crippen molar-refractivity contribution in [2.24, 2.45) is 5.92 Å². The normalized spacial score (nSPS) is 11.3. The van der Waals surface area contributed by atoms with Gasteiger partial charge in [-0.15, -0.1) is 0 Å². The van der Waals surface area contributed by atoms with E-state index in [2.05, 4.69) is 23.9 Å². The summed E-state index contributed by atoms with van der Waals surface area (Å²) in [5.74, 6) is 1.05. The third kappa shape index (κ3) is 8.66. The maximum Gasteiger partial charge on any atom is 0.387 e. The monoisotopic (exact) mass is 299 g/mol. The van der Waals surface area contributed by atoms with Crippen molar-refractivity contribution in [2.75, 3.05) is 6.54 Å².